The minimum Gasteiger partial charge on any atom is -0.378 e. The molecule has 1 N–H and O–H groups in total. The second kappa shape index (κ2) is 7.64. The molecule has 1 aromatic heterocycles. The number of imidazole rings is 1. The van der Waals surface area contributed by atoms with E-state index in [2.05, 4.69) is 14.8 Å². The zero-order valence-corrected chi connectivity index (χ0v) is 17.7. The van der Waals surface area contributed by atoms with Crippen LogP contribution in [-0.4, -0.2) is 64.2 Å². The minimum atomic E-state index is -0.201. The van der Waals surface area contributed by atoms with E-state index in [-0.39, 0.29) is 11.4 Å². The monoisotopic (exact) mass is 400 g/mol. The van der Waals surface area contributed by atoms with E-state index in [1.807, 2.05) is 14.0 Å². The van der Waals surface area contributed by atoms with Crippen LogP contribution >= 0.6 is 0 Å². The van der Waals surface area contributed by atoms with Gasteiger partial charge < -0.3 is 9.72 Å². The van der Waals surface area contributed by atoms with Crippen LogP contribution < -0.4 is 0 Å². The minimum absolute atomic E-state index is 0.137. The smallest absolute Gasteiger partial charge is 0.125 e. The third-order valence-corrected chi connectivity index (χ3v) is 7.65. The Labute approximate surface area is 172 Å². The van der Waals surface area contributed by atoms with Crippen molar-refractivity contribution in [3.8, 4) is 0 Å². The molecule has 1 aromatic carbocycles. The lowest BCUT2D eigenvalue weighted by Gasteiger charge is -2.42. The number of aromatic amines is 1. The van der Waals surface area contributed by atoms with Gasteiger partial charge in [0.25, 0.3) is 0 Å². The SMILES string of the molecule is COC1(CCN2C3CCC2CN(Cc2nc4c(C)cc(F)cc4[nH]2)C3)CCCC1. The lowest BCUT2D eigenvalue weighted by Crippen LogP contribution is -2.54. The number of hydrogen-bond donors (Lipinski definition) is 1. The summed E-state index contributed by atoms with van der Waals surface area (Å²) in [7, 11) is 1.90. The second-order valence-electron chi connectivity index (χ2n) is 9.46. The standard InChI is InChI=1S/C23H33FN4O/c1-16-11-17(24)12-20-22(16)26-21(25-20)15-27-13-18-5-6-19(14-27)28(18)10-9-23(29-2)7-3-4-8-23/h11-12,18-19H,3-10,13-15H2,1-2H3,(H,25,26). The number of aromatic nitrogens is 2. The van der Waals surface area contributed by atoms with Crippen LogP contribution in [0.3, 0.4) is 0 Å². The van der Waals surface area contributed by atoms with Gasteiger partial charge >= 0.3 is 0 Å². The van der Waals surface area contributed by atoms with Gasteiger partial charge in [-0.15, -0.1) is 0 Å². The lowest BCUT2D eigenvalue weighted by molar-refractivity contribution is -0.0290. The number of hydrogen-bond acceptors (Lipinski definition) is 4. The zero-order chi connectivity index (χ0) is 20.0. The Morgan fingerprint density at radius 1 is 1.21 bits per heavy atom. The number of ether oxygens (including phenoxy) is 1. The Balaban J connectivity index is 1.23. The largest absolute Gasteiger partial charge is 0.378 e. The van der Waals surface area contributed by atoms with E-state index in [9.17, 15) is 4.39 Å². The number of likely N-dealkylation sites (tertiary alicyclic amines) is 1. The number of piperazine rings is 1. The van der Waals surface area contributed by atoms with Crippen LogP contribution in [0.4, 0.5) is 4.39 Å². The number of nitrogens with one attached hydrogen (secondary N) is 1. The van der Waals surface area contributed by atoms with Gasteiger partial charge in [0, 0.05) is 38.8 Å². The molecule has 2 bridgehead atoms. The first kappa shape index (κ1) is 19.5. The third-order valence-electron chi connectivity index (χ3n) is 7.65. The van der Waals surface area contributed by atoms with Crippen molar-refractivity contribution in [1.29, 1.82) is 0 Å². The molecule has 2 aliphatic heterocycles. The van der Waals surface area contributed by atoms with Gasteiger partial charge in [0.15, 0.2) is 0 Å². The summed E-state index contributed by atoms with van der Waals surface area (Å²) in [5.74, 6) is 0.749. The quantitative estimate of drug-likeness (QED) is 0.796. The summed E-state index contributed by atoms with van der Waals surface area (Å²) in [5, 5.41) is 0. The summed E-state index contributed by atoms with van der Waals surface area (Å²) in [6.45, 7) is 6.10. The summed E-state index contributed by atoms with van der Waals surface area (Å²) in [5.41, 5.74) is 2.73. The average molecular weight is 401 g/mol. The van der Waals surface area contributed by atoms with Gasteiger partial charge in [-0.3, -0.25) is 9.80 Å². The highest BCUT2D eigenvalue weighted by Crippen LogP contribution is 2.38. The summed E-state index contributed by atoms with van der Waals surface area (Å²) in [4.78, 5) is 13.4. The lowest BCUT2D eigenvalue weighted by atomic mass is 9.96. The fourth-order valence-electron chi connectivity index (χ4n) is 6.06. The molecule has 2 aromatic rings. The van der Waals surface area contributed by atoms with Gasteiger partial charge in [0.05, 0.1) is 23.2 Å². The molecular weight excluding hydrogens is 367 g/mol. The van der Waals surface area contributed by atoms with E-state index in [0.717, 1.165) is 42.1 Å². The van der Waals surface area contributed by atoms with Crippen molar-refractivity contribution in [1.82, 2.24) is 19.8 Å². The van der Waals surface area contributed by atoms with Gasteiger partial charge in [-0.2, -0.15) is 0 Å². The van der Waals surface area contributed by atoms with Crippen molar-refractivity contribution in [2.45, 2.75) is 76.1 Å². The van der Waals surface area contributed by atoms with Crippen LogP contribution in [0.15, 0.2) is 12.1 Å². The number of nitrogens with zero attached hydrogens (tertiary/aromatic N) is 3. The molecule has 1 aliphatic carbocycles. The number of benzene rings is 1. The third kappa shape index (κ3) is 3.71. The van der Waals surface area contributed by atoms with Gasteiger partial charge in [-0.05, 0) is 56.7 Å². The van der Waals surface area contributed by atoms with Gasteiger partial charge in [0.1, 0.15) is 11.6 Å². The van der Waals surface area contributed by atoms with Crippen molar-refractivity contribution < 1.29 is 9.13 Å². The molecule has 1 saturated carbocycles. The Morgan fingerprint density at radius 2 is 1.93 bits per heavy atom. The predicted molar refractivity (Wildman–Crippen MR) is 112 cm³/mol. The zero-order valence-electron chi connectivity index (χ0n) is 17.7. The van der Waals surface area contributed by atoms with E-state index in [1.54, 1.807) is 12.1 Å². The van der Waals surface area contributed by atoms with Crippen molar-refractivity contribution in [2.75, 3.05) is 26.7 Å². The molecule has 3 aliphatic rings. The van der Waals surface area contributed by atoms with Crippen molar-refractivity contribution in [3.63, 3.8) is 0 Å². The summed E-state index contributed by atoms with van der Waals surface area (Å²) in [6.07, 6.45) is 8.85. The van der Waals surface area contributed by atoms with Gasteiger partial charge in [-0.1, -0.05) is 12.8 Å². The number of methoxy groups -OCH3 is 1. The highest BCUT2D eigenvalue weighted by molar-refractivity contribution is 5.78. The topological polar surface area (TPSA) is 44.4 Å². The Morgan fingerprint density at radius 3 is 2.62 bits per heavy atom. The molecule has 2 saturated heterocycles. The first-order chi connectivity index (χ1) is 14.0. The molecule has 3 fully saturated rings. The van der Waals surface area contributed by atoms with E-state index in [4.69, 9.17) is 9.72 Å². The number of fused-ring (bicyclic) bond motifs is 3. The summed E-state index contributed by atoms with van der Waals surface area (Å²) in [6, 6.07) is 4.40. The molecule has 3 heterocycles. The Kier molecular flexibility index (Phi) is 5.13. The van der Waals surface area contributed by atoms with E-state index in [0.29, 0.717) is 12.1 Å². The summed E-state index contributed by atoms with van der Waals surface area (Å²) < 4.78 is 19.6. The molecule has 2 atom stereocenters. The van der Waals surface area contributed by atoms with Crippen molar-refractivity contribution in [2.24, 2.45) is 0 Å². The van der Waals surface area contributed by atoms with Crippen LogP contribution in [-0.2, 0) is 11.3 Å². The Hall–Kier alpha value is -1.50. The molecule has 29 heavy (non-hydrogen) atoms. The number of H-pyrrole nitrogens is 1. The molecule has 6 heteroatoms. The normalized spacial score (nSPS) is 27.3. The van der Waals surface area contributed by atoms with E-state index < -0.39 is 0 Å². The van der Waals surface area contributed by atoms with E-state index >= 15 is 0 Å². The maximum Gasteiger partial charge on any atom is 0.125 e. The van der Waals surface area contributed by atoms with Crippen LogP contribution in [0.5, 0.6) is 0 Å². The molecule has 0 amide bonds. The van der Waals surface area contributed by atoms with E-state index in [1.165, 1.54) is 51.5 Å². The maximum atomic E-state index is 13.7. The fraction of sp³-hybridized carbons (Fsp3) is 0.696. The first-order valence-corrected chi connectivity index (χ1v) is 11.2. The average Bonchev–Trinajstić information content (AvgIpc) is 3.37. The number of aryl methyl sites for hydroxylation is 1. The molecule has 0 radical (unpaired) electrons. The molecular formula is C23H33FN4O. The molecule has 158 valence electrons. The molecule has 5 rings (SSSR count). The fourth-order valence-corrected chi connectivity index (χ4v) is 6.06. The predicted octanol–water partition coefficient (Wildman–Crippen LogP) is 4.01. The van der Waals surface area contributed by atoms with Crippen molar-refractivity contribution in [3.05, 3.63) is 29.3 Å². The van der Waals surface area contributed by atoms with Crippen LogP contribution in [0.25, 0.3) is 11.0 Å². The van der Waals surface area contributed by atoms with Crippen molar-refractivity contribution >= 4 is 11.0 Å². The second-order valence-corrected chi connectivity index (χ2v) is 9.46. The number of halogens is 1. The highest BCUT2D eigenvalue weighted by Gasteiger charge is 2.42. The van der Waals surface area contributed by atoms with Gasteiger partial charge in [-0.25, -0.2) is 9.37 Å². The Bertz CT molecular complexity index is 861. The molecule has 5 nitrogen and oxygen atoms in total. The first-order valence-electron chi connectivity index (χ1n) is 11.2. The number of rotatable bonds is 6. The summed E-state index contributed by atoms with van der Waals surface area (Å²) >= 11 is 0. The van der Waals surface area contributed by atoms with Gasteiger partial charge in [0.2, 0.25) is 0 Å². The maximum absolute atomic E-state index is 13.7. The highest BCUT2D eigenvalue weighted by atomic mass is 19.1. The van der Waals surface area contributed by atoms with Crippen LogP contribution in [0.1, 0.15) is 56.3 Å². The molecule has 0 spiro atoms. The van der Waals surface area contributed by atoms with Crippen LogP contribution in [0.2, 0.25) is 0 Å². The van der Waals surface area contributed by atoms with Crippen LogP contribution in [0, 0.1) is 12.7 Å². The molecule has 2 unspecified atom stereocenters.